The number of ether oxygens (including phenoxy) is 2. The second kappa shape index (κ2) is 13.3. The van der Waals surface area contributed by atoms with Gasteiger partial charge in [0.25, 0.3) is 8.32 Å². The number of azide groups is 1. The van der Waals surface area contributed by atoms with Gasteiger partial charge in [0, 0.05) is 18.1 Å². The van der Waals surface area contributed by atoms with E-state index in [0.717, 1.165) is 15.9 Å². The van der Waals surface area contributed by atoms with E-state index in [1.54, 1.807) is 0 Å². The van der Waals surface area contributed by atoms with E-state index < -0.39 is 32.5 Å². The molecule has 0 aromatic heterocycles. The summed E-state index contributed by atoms with van der Waals surface area (Å²) in [5.74, 6) is -0.393. The number of carbonyl (C=O) groups is 1. The monoisotopic (exact) mass is 558 g/mol. The minimum Gasteiger partial charge on any atom is -0.459 e. The Kier molecular flexibility index (Phi) is 9.79. The highest BCUT2D eigenvalue weighted by molar-refractivity contribution is 6.99. The average Bonchev–Trinajstić information content (AvgIpc) is 2.95. The number of cyclic esters (lactones) is 1. The van der Waals surface area contributed by atoms with Crippen LogP contribution in [0.1, 0.15) is 26.3 Å². The number of likely N-dealkylation sites (N-methyl/N-ethyl adjacent to an activating group) is 1. The smallest absolute Gasteiger partial charge is 0.326 e. The van der Waals surface area contributed by atoms with Crippen molar-refractivity contribution >= 4 is 24.7 Å². The standard InChI is InChI=1S/C31H38N4O4Si/c1-31(2,3)40(25-16-10-6-11-17-25,26-18-12-7-13-19-26)38-22-27(33-34-32)29-20-35(4)28(30(36)39-29)23-37-21-24-14-8-5-9-15-24/h5-19,27-29H,20-23H2,1-4H3/t27-,28+,29-/m1/s1. The molecule has 0 radical (unpaired) electrons. The van der Waals surface area contributed by atoms with Crippen LogP contribution in [0.15, 0.2) is 96.1 Å². The second-order valence-corrected chi connectivity index (χ2v) is 15.5. The Balaban J connectivity index is 1.52. The Bertz CT molecular complexity index is 1240. The summed E-state index contributed by atoms with van der Waals surface area (Å²) in [6.45, 7) is 7.72. The van der Waals surface area contributed by atoms with Crippen LogP contribution >= 0.6 is 0 Å². The maximum Gasteiger partial charge on any atom is 0.326 e. The molecule has 3 atom stereocenters. The Morgan fingerprint density at radius 1 is 1.00 bits per heavy atom. The molecule has 8 nitrogen and oxygen atoms in total. The Morgan fingerprint density at radius 3 is 2.05 bits per heavy atom. The molecule has 0 saturated carbocycles. The van der Waals surface area contributed by atoms with E-state index in [9.17, 15) is 10.3 Å². The van der Waals surface area contributed by atoms with Crippen molar-refractivity contribution < 1.29 is 18.7 Å². The highest BCUT2D eigenvalue weighted by Crippen LogP contribution is 2.37. The van der Waals surface area contributed by atoms with E-state index in [0.29, 0.717) is 13.2 Å². The van der Waals surface area contributed by atoms with Gasteiger partial charge in [-0.25, -0.2) is 0 Å². The second-order valence-electron chi connectivity index (χ2n) is 11.2. The van der Waals surface area contributed by atoms with Crippen molar-refractivity contribution in [1.29, 1.82) is 0 Å². The highest BCUT2D eigenvalue weighted by Gasteiger charge is 2.51. The van der Waals surface area contributed by atoms with Gasteiger partial charge in [0.1, 0.15) is 12.1 Å². The molecule has 1 saturated heterocycles. The summed E-state index contributed by atoms with van der Waals surface area (Å²) in [4.78, 5) is 18.1. The first-order valence-electron chi connectivity index (χ1n) is 13.6. The maximum atomic E-state index is 13.1. The van der Waals surface area contributed by atoms with Gasteiger partial charge in [0.2, 0.25) is 0 Å². The molecule has 0 unspecified atom stereocenters. The topological polar surface area (TPSA) is 96.8 Å². The van der Waals surface area contributed by atoms with Gasteiger partial charge < -0.3 is 13.9 Å². The summed E-state index contributed by atoms with van der Waals surface area (Å²) in [6, 6.07) is 29.1. The molecule has 0 aliphatic carbocycles. The lowest BCUT2D eigenvalue weighted by Gasteiger charge is -2.44. The first-order chi connectivity index (χ1) is 19.3. The van der Waals surface area contributed by atoms with Gasteiger partial charge in [-0.3, -0.25) is 9.69 Å². The zero-order chi connectivity index (χ0) is 28.6. The normalized spacial score (nSPS) is 18.9. The van der Waals surface area contributed by atoms with Crippen LogP contribution in [0.2, 0.25) is 5.04 Å². The van der Waals surface area contributed by atoms with E-state index in [4.69, 9.17) is 13.9 Å². The zero-order valence-corrected chi connectivity index (χ0v) is 24.6. The molecule has 3 aromatic carbocycles. The summed E-state index contributed by atoms with van der Waals surface area (Å²) in [6.07, 6.45) is -0.642. The molecule has 1 aliphatic heterocycles. The van der Waals surface area contributed by atoms with E-state index in [1.807, 2.05) is 78.7 Å². The molecular weight excluding hydrogens is 520 g/mol. The lowest BCUT2D eigenvalue weighted by atomic mass is 10.1. The van der Waals surface area contributed by atoms with Crippen LogP contribution in [0.3, 0.4) is 0 Å². The third-order valence-corrected chi connectivity index (χ3v) is 12.4. The average molecular weight is 559 g/mol. The number of benzene rings is 3. The zero-order valence-electron chi connectivity index (χ0n) is 23.6. The van der Waals surface area contributed by atoms with Gasteiger partial charge >= 0.3 is 5.97 Å². The predicted octanol–water partition coefficient (Wildman–Crippen LogP) is 4.68. The van der Waals surface area contributed by atoms with Crippen LogP contribution in [0.4, 0.5) is 0 Å². The first kappa shape index (κ1) is 29.5. The lowest BCUT2D eigenvalue weighted by molar-refractivity contribution is -0.170. The fourth-order valence-corrected chi connectivity index (χ4v) is 9.94. The van der Waals surface area contributed by atoms with Crippen LogP contribution in [0.5, 0.6) is 0 Å². The molecule has 210 valence electrons. The molecule has 0 bridgehead atoms. The molecule has 0 N–H and O–H groups in total. The SMILES string of the molecule is CN1C[C@H]([C@@H](CO[Si](c2ccccc2)(c2ccccc2)C(C)(C)C)N=[N+]=[N-])OC(=O)[C@@H]1COCc1ccccc1. The van der Waals surface area contributed by atoms with Crippen LogP contribution in [-0.2, 0) is 25.3 Å². The number of hydrogen-bond acceptors (Lipinski definition) is 6. The molecule has 9 heteroatoms. The molecule has 1 heterocycles. The van der Waals surface area contributed by atoms with Gasteiger partial charge in [-0.15, -0.1) is 0 Å². The fraction of sp³-hybridized carbons (Fsp3) is 0.387. The third kappa shape index (κ3) is 6.63. The van der Waals surface area contributed by atoms with E-state index in [-0.39, 0.29) is 18.3 Å². The summed E-state index contributed by atoms with van der Waals surface area (Å²) in [5.41, 5.74) is 10.5. The summed E-state index contributed by atoms with van der Waals surface area (Å²) in [7, 11) is -0.998. The van der Waals surface area contributed by atoms with Gasteiger partial charge in [-0.2, -0.15) is 0 Å². The number of esters is 1. The minimum absolute atomic E-state index is 0.123. The van der Waals surface area contributed by atoms with Crippen molar-refractivity contribution in [2.24, 2.45) is 5.11 Å². The van der Waals surface area contributed by atoms with E-state index in [2.05, 4.69) is 55.1 Å². The van der Waals surface area contributed by atoms with Crippen molar-refractivity contribution in [3.05, 3.63) is 107 Å². The molecule has 1 aliphatic rings. The highest BCUT2D eigenvalue weighted by atomic mass is 28.4. The van der Waals surface area contributed by atoms with Crippen molar-refractivity contribution in [1.82, 2.24) is 4.90 Å². The maximum absolute atomic E-state index is 13.1. The van der Waals surface area contributed by atoms with Crippen molar-refractivity contribution in [3.63, 3.8) is 0 Å². The van der Waals surface area contributed by atoms with Gasteiger partial charge in [-0.1, -0.05) is 117 Å². The Labute approximate surface area is 237 Å². The Hall–Kier alpha value is -3.46. The molecule has 40 heavy (non-hydrogen) atoms. The molecule has 4 rings (SSSR count). The summed E-state index contributed by atoms with van der Waals surface area (Å²) < 4.78 is 18.7. The number of nitrogens with zero attached hydrogens (tertiary/aromatic N) is 4. The minimum atomic E-state index is -2.86. The largest absolute Gasteiger partial charge is 0.459 e. The quantitative estimate of drug-likeness (QED) is 0.112. The van der Waals surface area contributed by atoms with Gasteiger partial charge in [0.15, 0.2) is 0 Å². The van der Waals surface area contributed by atoms with Crippen LogP contribution in [0, 0.1) is 0 Å². The molecule has 3 aromatic rings. The molecule has 1 fully saturated rings. The van der Waals surface area contributed by atoms with Crippen molar-refractivity contribution in [3.8, 4) is 0 Å². The van der Waals surface area contributed by atoms with Gasteiger partial charge in [-0.05, 0) is 33.6 Å². The van der Waals surface area contributed by atoms with Crippen LogP contribution in [-0.4, -0.2) is 64.2 Å². The summed E-state index contributed by atoms with van der Waals surface area (Å²) >= 11 is 0. The predicted molar refractivity (Wildman–Crippen MR) is 159 cm³/mol. The fourth-order valence-electron chi connectivity index (χ4n) is 5.37. The first-order valence-corrected chi connectivity index (χ1v) is 15.5. The summed E-state index contributed by atoms with van der Waals surface area (Å²) in [5, 5.41) is 6.07. The number of rotatable bonds is 11. The molecular formula is C31H38N4O4Si. The van der Waals surface area contributed by atoms with Crippen LogP contribution in [0.25, 0.3) is 10.4 Å². The van der Waals surface area contributed by atoms with Crippen molar-refractivity contribution in [2.45, 2.75) is 50.6 Å². The molecule has 0 spiro atoms. The molecule has 0 amide bonds. The van der Waals surface area contributed by atoms with E-state index in [1.165, 1.54) is 0 Å². The third-order valence-electron chi connectivity index (χ3n) is 7.44. The lowest BCUT2D eigenvalue weighted by Crippen LogP contribution is -2.67. The van der Waals surface area contributed by atoms with Crippen LogP contribution < -0.4 is 10.4 Å². The van der Waals surface area contributed by atoms with Crippen molar-refractivity contribution in [2.75, 3.05) is 26.8 Å². The van der Waals surface area contributed by atoms with E-state index >= 15 is 0 Å². The Morgan fingerprint density at radius 2 is 1.55 bits per heavy atom. The number of hydrogen-bond donors (Lipinski definition) is 0. The number of morpholine rings is 1. The van der Waals surface area contributed by atoms with Gasteiger partial charge in [0.05, 0.1) is 19.3 Å². The number of carbonyl (C=O) groups excluding carboxylic acids is 1.